The molecule has 1 unspecified atom stereocenters. The van der Waals surface area contributed by atoms with Crippen molar-refractivity contribution in [3.05, 3.63) is 0 Å². The van der Waals surface area contributed by atoms with E-state index in [1.54, 1.807) is 0 Å². The monoisotopic (exact) mass is 418 g/mol. The Kier molecular flexibility index (Phi) is 25.8. The van der Waals surface area contributed by atoms with Gasteiger partial charge in [-0.3, -0.25) is 9.59 Å². The molecular formula is C23H46O6. The molecule has 0 saturated heterocycles. The van der Waals surface area contributed by atoms with Crippen LogP contribution < -0.4 is 0 Å². The van der Waals surface area contributed by atoms with Crippen molar-refractivity contribution in [1.82, 2.24) is 0 Å². The highest BCUT2D eigenvalue weighted by atomic mass is 16.5. The van der Waals surface area contributed by atoms with E-state index < -0.39 is 12.1 Å². The van der Waals surface area contributed by atoms with E-state index in [9.17, 15) is 4.79 Å². The normalized spacial score (nSPS) is 11.4. The van der Waals surface area contributed by atoms with E-state index in [1.165, 1.54) is 83.5 Å². The average molecular weight is 419 g/mol. The third kappa shape index (κ3) is 31.8. The zero-order valence-corrected chi connectivity index (χ0v) is 18.9. The summed E-state index contributed by atoms with van der Waals surface area (Å²) in [5, 5.41) is 25.1. The second kappa shape index (κ2) is 24.9. The molecule has 0 aliphatic rings. The first-order chi connectivity index (χ1) is 13.9. The van der Waals surface area contributed by atoms with Gasteiger partial charge >= 0.3 is 5.97 Å². The van der Waals surface area contributed by atoms with Crippen molar-refractivity contribution in [3.8, 4) is 0 Å². The van der Waals surface area contributed by atoms with Crippen LogP contribution >= 0.6 is 0 Å². The van der Waals surface area contributed by atoms with E-state index in [1.807, 2.05) is 0 Å². The Morgan fingerprint density at radius 1 is 0.759 bits per heavy atom. The van der Waals surface area contributed by atoms with E-state index in [4.69, 9.17) is 24.9 Å². The number of esters is 1. The standard InChI is InChI=1S/C21H42O4.C2H4O2/c1-2-3-4-5-6-7-8-9-10-11-12-13-14-15-16-17-21(24)25-19-20(23)18-22;1-2(3)4/h20,22-23H,2-19H2,1H3;1H3,(H,3,4). The molecule has 29 heavy (non-hydrogen) atoms. The lowest BCUT2D eigenvalue weighted by Crippen LogP contribution is -2.21. The zero-order valence-electron chi connectivity index (χ0n) is 18.9. The van der Waals surface area contributed by atoms with E-state index in [-0.39, 0.29) is 19.2 Å². The van der Waals surface area contributed by atoms with Crippen molar-refractivity contribution in [1.29, 1.82) is 0 Å². The van der Waals surface area contributed by atoms with E-state index >= 15 is 0 Å². The molecule has 0 fully saturated rings. The van der Waals surface area contributed by atoms with Gasteiger partial charge in [-0.1, -0.05) is 96.8 Å². The van der Waals surface area contributed by atoms with Gasteiger partial charge in [-0.05, 0) is 6.42 Å². The number of carboxylic acids is 1. The number of unbranched alkanes of at least 4 members (excludes halogenated alkanes) is 14. The molecule has 6 heteroatoms. The third-order valence-electron chi connectivity index (χ3n) is 4.63. The fourth-order valence-electron chi connectivity index (χ4n) is 2.95. The van der Waals surface area contributed by atoms with E-state index in [2.05, 4.69) is 6.92 Å². The Labute approximate surface area is 178 Å². The quantitative estimate of drug-likeness (QED) is 0.196. The Morgan fingerprint density at radius 3 is 1.45 bits per heavy atom. The van der Waals surface area contributed by atoms with Crippen LogP contribution in [-0.2, 0) is 14.3 Å². The Balaban J connectivity index is 0. The summed E-state index contributed by atoms with van der Waals surface area (Å²) in [4.78, 5) is 20.4. The summed E-state index contributed by atoms with van der Waals surface area (Å²) in [7, 11) is 0. The van der Waals surface area contributed by atoms with Crippen molar-refractivity contribution < 1.29 is 29.6 Å². The molecule has 0 heterocycles. The van der Waals surface area contributed by atoms with Gasteiger partial charge < -0.3 is 20.1 Å². The van der Waals surface area contributed by atoms with Gasteiger partial charge in [0.1, 0.15) is 12.7 Å². The maximum absolute atomic E-state index is 11.4. The van der Waals surface area contributed by atoms with Crippen molar-refractivity contribution in [3.63, 3.8) is 0 Å². The number of carbonyl (C=O) groups is 2. The molecule has 0 aromatic rings. The summed E-state index contributed by atoms with van der Waals surface area (Å²) in [5.74, 6) is -1.11. The van der Waals surface area contributed by atoms with Crippen molar-refractivity contribution in [2.24, 2.45) is 0 Å². The number of aliphatic hydroxyl groups excluding tert-OH is 2. The number of aliphatic carboxylic acids is 1. The number of ether oxygens (including phenoxy) is 1. The van der Waals surface area contributed by atoms with Gasteiger partial charge in [-0.15, -0.1) is 0 Å². The molecule has 0 aliphatic carbocycles. The molecule has 0 saturated carbocycles. The third-order valence-corrected chi connectivity index (χ3v) is 4.63. The van der Waals surface area contributed by atoms with Crippen LogP contribution in [0.25, 0.3) is 0 Å². The van der Waals surface area contributed by atoms with Gasteiger partial charge in [0.25, 0.3) is 5.97 Å². The second-order valence-electron chi connectivity index (χ2n) is 7.74. The number of carboxylic acid groups (broad SMARTS) is 1. The van der Waals surface area contributed by atoms with Gasteiger partial charge in [0.05, 0.1) is 6.61 Å². The van der Waals surface area contributed by atoms with Crippen LogP contribution in [-0.4, -0.2) is 46.6 Å². The number of aliphatic hydroxyl groups is 2. The highest BCUT2D eigenvalue weighted by molar-refractivity contribution is 5.69. The second-order valence-corrected chi connectivity index (χ2v) is 7.74. The van der Waals surface area contributed by atoms with Crippen LogP contribution in [0.2, 0.25) is 0 Å². The van der Waals surface area contributed by atoms with Crippen molar-refractivity contribution >= 4 is 11.9 Å². The van der Waals surface area contributed by atoms with Gasteiger partial charge in [-0.25, -0.2) is 0 Å². The van der Waals surface area contributed by atoms with Gasteiger partial charge in [-0.2, -0.15) is 0 Å². The average Bonchev–Trinajstić information content (AvgIpc) is 2.68. The fraction of sp³-hybridized carbons (Fsp3) is 0.913. The molecule has 0 amide bonds. The van der Waals surface area contributed by atoms with Crippen molar-refractivity contribution in [2.45, 2.75) is 123 Å². The molecule has 3 N–H and O–H groups in total. The summed E-state index contributed by atoms with van der Waals surface area (Å²) in [5.41, 5.74) is 0. The Bertz CT molecular complexity index is 355. The van der Waals surface area contributed by atoms with E-state index in [0.29, 0.717) is 6.42 Å². The minimum atomic E-state index is -0.954. The summed E-state index contributed by atoms with van der Waals surface area (Å²) >= 11 is 0. The van der Waals surface area contributed by atoms with Crippen LogP contribution in [0.1, 0.15) is 117 Å². The minimum Gasteiger partial charge on any atom is -0.481 e. The first-order valence-corrected chi connectivity index (χ1v) is 11.6. The highest BCUT2D eigenvalue weighted by Crippen LogP contribution is 2.13. The SMILES string of the molecule is CC(=O)O.CCCCCCCCCCCCCCCCCC(=O)OCC(O)CO. The predicted molar refractivity (Wildman–Crippen MR) is 117 cm³/mol. The predicted octanol–water partition coefficient (Wildman–Crippen LogP) is 5.24. The zero-order chi connectivity index (χ0) is 22.2. The topological polar surface area (TPSA) is 104 Å². The van der Waals surface area contributed by atoms with Crippen molar-refractivity contribution in [2.75, 3.05) is 13.2 Å². The molecule has 0 bridgehead atoms. The van der Waals surface area contributed by atoms with E-state index in [0.717, 1.165) is 19.8 Å². The van der Waals surface area contributed by atoms with Crippen LogP contribution in [0.15, 0.2) is 0 Å². The van der Waals surface area contributed by atoms with Gasteiger partial charge in [0.2, 0.25) is 0 Å². The molecule has 6 nitrogen and oxygen atoms in total. The first kappa shape index (κ1) is 30.1. The summed E-state index contributed by atoms with van der Waals surface area (Å²) < 4.78 is 4.86. The number of carbonyl (C=O) groups excluding carboxylic acids is 1. The van der Waals surface area contributed by atoms with Crippen LogP contribution in [0.3, 0.4) is 0 Å². The smallest absolute Gasteiger partial charge is 0.305 e. The molecule has 0 rings (SSSR count). The Hall–Kier alpha value is -1.14. The minimum absolute atomic E-state index is 0.103. The lowest BCUT2D eigenvalue weighted by Gasteiger charge is -2.08. The largest absolute Gasteiger partial charge is 0.481 e. The van der Waals surface area contributed by atoms with Crippen LogP contribution in [0.5, 0.6) is 0 Å². The van der Waals surface area contributed by atoms with Gasteiger partial charge in [0.15, 0.2) is 0 Å². The fourth-order valence-corrected chi connectivity index (χ4v) is 2.95. The number of hydrogen-bond acceptors (Lipinski definition) is 5. The summed E-state index contributed by atoms with van der Waals surface area (Å²) in [6.45, 7) is 2.88. The molecule has 1 atom stereocenters. The summed E-state index contributed by atoms with van der Waals surface area (Å²) in [6.07, 6.45) is 19.0. The molecule has 0 aromatic carbocycles. The lowest BCUT2D eigenvalue weighted by molar-refractivity contribution is -0.147. The molecular weight excluding hydrogens is 372 g/mol. The summed E-state index contributed by atoms with van der Waals surface area (Å²) in [6, 6.07) is 0. The molecule has 0 spiro atoms. The first-order valence-electron chi connectivity index (χ1n) is 11.6. The molecule has 174 valence electrons. The maximum atomic E-state index is 11.4. The Morgan fingerprint density at radius 2 is 1.10 bits per heavy atom. The molecule has 0 aromatic heterocycles. The number of rotatable bonds is 19. The molecule has 0 aliphatic heterocycles. The van der Waals surface area contributed by atoms with Crippen LogP contribution in [0.4, 0.5) is 0 Å². The number of hydrogen-bond donors (Lipinski definition) is 3. The van der Waals surface area contributed by atoms with Gasteiger partial charge in [0, 0.05) is 13.3 Å². The molecule has 0 radical (unpaired) electrons. The maximum Gasteiger partial charge on any atom is 0.305 e. The van der Waals surface area contributed by atoms with Crippen LogP contribution in [0, 0.1) is 0 Å². The highest BCUT2D eigenvalue weighted by Gasteiger charge is 2.07. The lowest BCUT2D eigenvalue weighted by atomic mass is 10.0.